The minimum absolute atomic E-state index is 0.403. The van der Waals surface area contributed by atoms with Crippen molar-refractivity contribution in [2.24, 2.45) is 0 Å². The van der Waals surface area contributed by atoms with Gasteiger partial charge in [0.25, 0.3) is 0 Å². The average Bonchev–Trinajstić information content (AvgIpc) is 3.05. The second kappa shape index (κ2) is 7.75. The number of aliphatic hydroxyl groups is 1. The Morgan fingerprint density at radius 3 is 2.81 bits per heavy atom. The molecule has 0 spiro atoms. The van der Waals surface area contributed by atoms with Gasteiger partial charge in [-0.15, -0.1) is 0 Å². The van der Waals surface area contributed by atoms with Crippen LogP contribution in [0.25, 0.3) is 16.8 Å². The van der Waals surface area contributed by atoms with Crippen molar-refractivity contribution in [3.8, 4) is 11.1 Å². The maximum atomic E-state index is 11.3. The maximum absolute atomic E-state index is 11.3. The molecule has 144 valence electrons. The van der Waals surface area contributed by atoms with E-state index in [1.54, 1.807) is 35.2 Å². The van der Waals surface area contributed by atoms with Gasteiger partial charge in [-0.2, -0.15) is 5.10 Å². The first kappa shape index (κ1) is 19.5. The number of halogens is 1. The number of aromatic nitrogens is 2. The lowest BCUT2D eigenvalue weighted by molar-refractivity contribution is 0.0780. The molecule has 0 fully saturated rings. The summed E-state index contributed by atoms with van der Waals surface area (Å²) in [5.41, 5.74) is 2.77. The first-order valence-corrected chi connectivity index (χ1v) is 10.7. The molecular formula is C18H21ClN4O3S. The van der Waals surface area contributed by atoms with E-state index in [0.29, 0.717) is 10.7 Å². The summed E-state index contributed by atoms with van der Waals surface area (Å²) >= 11 is 6.33. The second-order valence-electron chi connectivity index (χ2n) is 6.31. The van der Waals surface area contributed by atoms with Crippen LogP contribution in [0, 0.1) is 0 Å². The molecule has 1 atom stereocenters. The second-order valence-corrected chi connectivity index (χ2v) is 8.46. The predicted octanol–water partition coefficient (Wildman–Crippen LogP) is 2.97. The van der Waals surface area contributed by atoms with Crippen molar-refractivity contribution in [1.29, 1.82) is 0 Å². The van der Waals surface area contributed by atoms with Gasteiger partial charge in [-0.1, -0.05) is 24.6 Å². The van der Waals surface area contributed by atoms with E-state index in [1.807, 2.05) is 23.4 Å². The van der Waals surface area contributed by atoms with Crippen molar-refractivity contribution >= 4 is 33.0 Å². The van der Waals surface area contributed by atoms with Gasteiger partial charge in [0.2, 0.25) is 10.0 Å². The minimum Gasteiger partial charge on any atom is -0.370 e. The standard InChI is InChI=1S/C18H21ClN4O3S/c1-3-8-22-12-15(5-7-18(22)24)23-11-13(10-20-23)16-6-4-14(9-17(16)19)21-27(2,25)26/h4-7,9-12,18,21,24H,3,8H2,1-2H3. The molecule has 1 aliphatic rings. The summed E-state index contributed by atoms with van der Waals surface area (Å²) in [4.78, 5) is 1.84. The molecule has 1 unspecified atom stereocenters. The molecule has 0 saturated carbocycles. The third kappa shape index (κ3) is 4.71. The van der Waals surface area contributed by atoms with Crippen LogP contribution in [0.1, 0.15) is 13.3 Å². The minimum atomic E-state index is -3.36. The molecule has 0 aliphatic carbocycles. The molecule has 2 heterocycles. The molecule has 0 amide bonds. The number of anilines is 1. The largest absolute Gasteiger partial charge is 0.370 e. The first-order valence-electron chi connectivity index (χ1n) is 8.43. The van der Waals surface area contributed by atoms with Crippen molar-refractivity contribution in [1.82, 2.24) is 14.7 Å². The zero-order valence-corrected chi connectivity index (χ0v) is 16.6. The molecule has 7 nitrogen and oxygen atoms in total. The van der Waals surface area contributed by atoms with Crippen LogP contribution in [0.5, 0.6) is 0 Å². The number of nitrogens with one attached hydrogen (secondary N) is 1. The molecule has 9 heteroatoms. The molecule has 2 N–H and O–H groups in total. The van der Waals surface area contributed by atoms with E-state index >= 15 is 0 Å². The number of benzene rings is 1. The average molecular weight is 409 g/mol. The molecule has 0 saturated heterocycles. The van der Waals surface area contributed by atoms with Gasteiger partial charge in [0.15, 0.2) is 0 Å². The summed E-state index contributed by atoms with van der Waals surface area (Å²) in [6.45, 7) is 2.79. The molecule has 1 aromatic heterocycles. The van der Waals surface area contributed by atoms with E-state index in [9.17, 15) is 13.5 Å². The third-order valence-electron chi connectivity index (χ3n) is 3.99. The van der Waals surface area contributed by atoms with Crippen LogP contribution in [-0.2, 0) is 10.0 Å². The van der Waals surface area contributed by atoms with E-state index in [4.69, 9.17) is 11.6 Å². The number of sulfonamides is 1. The molecule has 3 rings (SSSR count). The van der Waals surface area contributed by atoms with E-state index < -0.39 is 16.3 Å². The van der Waals surface area contributed by atoms with Gasteiger partial charge in [0, 0.05) is 35.8 Å². The molecule has 27 heavy (non-hydrogen) atoms. The van der Waals surface area contributed by atoms with Crippen LogP contribution < -0.4 is 4.72 Å². The number of rotatable bonds is 6. The van der Waals surface area contributed by atoms with Crippen LogP contribution >= 0.6 is 11.6 Å². The highest BCUT2D eigenvalue weighted by Gasteiger charge is 2.16. The monoisotopic (exact) mass is 408 g/mol. The van der Waals surface area contributed by atoms with E-state index in [2.05, 4.69) is 16.7 Å². The van der Waals surface area contributed by atoms with Crippen molar-refractivity contribution < 1.29 is 13.5 Å². The molecule has 0 bridgehead atoms. The van der Waals surface area contributed by atoms with Gasteiger partial charge < -0.3 is 10.0 Å². The summed E-state index contributed by atoms with van der Waals surface area (Å²) in [6.07, 6.45) is 10.3. The fraction of sp³-hybridized carbons (Fsp3) is 0.278. The highest BCUT2D eigenvalue weighted by Crippen LogP contribution is 2.31. The lowest BCUT2D eigenvalue weighted by Crippen LogP contribution is -2.32. The maximum Gasteiger partial charge on any atom is 0.229 e. The SMILES string of the molecule is CCCN1C=C(n2cc(-c3ccc(NS(C)(=O)=O)cc3Cl)cn2)C=CC1O. The van der Waals surface area contributed by atoms with Crippen LogP contribution in [0.2, 0.25) is 5.02 Å². The van der Waals surface area contributed by atoms with Crippen LogP contribution in [0.15, 0.2) is 48.9 Å². The topological polar surface area (TPSA) is 87.5 Å². The summed E-state index contributed by atoms with van der Waals surface area (Å²) in [6, 6.07) is 4.96. The van der Waals surface area contributed by atoms with Gasteiger partial charge in [0.05, 0.1) is 23.2 Å². The van der Waals surface area contributed by atoms with E-state index in [-0.39, 0.29) is 0 Å². The normalized spacial score (nSPS) is 17.1. The lowest BCUT2D eigenvalue weighted by Gasteiger charge is -2.27. The number of hydrogen-bond acceptors (Lipinski definition) is 5. The van der Waals surface area contributed by atoms with Crippen molar-refractivity contribution in [2.75, 3.05) is 17.5 Å². The van der Waals surface area contributed by atoms with Crippen LogP contribution in [0.3, 0.4) is 0 Å². The molecule has 2 aromatic rings. The molecule has 1 aliphatic heterocycles. The fourth-order valence-electron chi connectivity index (χ4n) is 2.80. The third-order valence-corrected chi connectivity index (χ3v) is 4.91. The van der Waals surface area contributed by atoms with Crippen molar-refractivity contribution in [2.45, 2.75) is 19.6 Å². The van der Waals surface area contributed by atoms with Crippen LogP contribution in [0.4, 0.5) is 5.69 Å². The Morgan fingerprint density at radius 2 is 2.15 bits per heavy atom. The van der Waals surface area contributed by atoms with Gasteiger partial charge in [0.1, 0.15) is 6.23 Å². The highest BCUT2D eigenvalue weighted by atomic mass is 35.5. The smallest absolute Gasteiger partial charge is 0.229 e. The Bertz CT molecular complexity index is 998. The molecule has 1 aromatic carbocycles. The van der Waals surface area contributed by atoms with Crippen molar-refractivity contribution in [3.05, 3.63) is 54.0 Å². The van der Waals surface area contributed by atoms with E-state index in [1.165, 1.54) is 0 Å². The number of nitrogens with zero attached hydrogens (tertiary/aromatic N) is 3. The van der Waals surface area contributed by atoms with Crippen molar-refractivity contribution in [3.63, 3.8) is 0 Å². The Balaban J connectivity index is 1.86. The summed E-state index contributed by atoms with van der Waals surface area (Å²) in [5, 5.41) is 14.8. The van der Waals surface area contributed by atoms with Gasteiger partial charge in [-0.25, -0.2) is 13.1 Å². The van der Waals surface area contributed by atoms with Crippen LogP contribution in [-0.4, -0.2) is 47.2 Å². The number of aliphatic hydroxyl groups excluding tert-OH is 1. The highest BCUT2D eigenvalue weighted by molar-refractivity contribution is 7.92. The Labute approximate surface area is 163 Å². The Hall–Kier alpha value is -2.29. The van der Waals surface area contributed by atoms with Gasteiger partial charge in [-0.3, -0.25) is 4.72 Å². The predicted molar refractivity (Wildman–Crippen MR) is 108 cm³/mol. The summed E-state index contributed by atoms with van der Waals surface area (Å²) < 4.78 is 26.8. The lowest BCUT2D eigenvalue weighted by atomic mass is 10.1. The quantitative estimate of drug-likeness (QED) is 0.767. The zero-order valence-electron chi connectivity index (χ0n) is 15.0. The number of hydrogen-bond donors (Lipinski definition) is 2. The number of allylic oxidation sites excluding steroid dienone is 2. The van der Waals surface area contributed by atoms with Gasteiger partial charge >= 0.3 is 0 Å². The molecule has 0 radical (unpaired) electrons. The molecular weight excluding hydrogens is 388 g/mol. The van der Waals surface area contributed by atoms with Gasteiger partial charge in [-0.05, 0) is 30.7 Å². The summed E-state index contributed by atoms with van der Waals surface area (Å²) in [5.74, 6) is 0. The first-order chi connectivity index (χ1) is 12.8. The Morgan fingerprint density at radius 1 is 1.37 bits per heavy atom. The fourth-order valence-corrected chi connectivity index (χ4v) is 3.65. The summed E-state index contributed by atoms with van der Waals surface area (Å²) in [7, 11) is -3.36. The zero-order chi connectivity index (χ0) is 19.6. The van der Waals surface area contributed by atoms with E-state index in [0.717, 1.165) is 36.0 Å². The Kier molecular flexibility index (Phi) is 5.59.